The molecule has 0 aliphatic rings. The molecule has 160 valence electrons. The molecule has 0 saturated heterocycles. The molecule has 1 N–H and O–H groups in total. The standard InChI is InChI=1S/C18H11BClF4N3O3S/c1-27(2)6-7(14(28)18(22,23)24)13-11(17-25-16(29)15(19)31-17)12(26-30-13)10-8(20)4-3-5-9(10)21/h3-6,29H,1-2H3/b7-6-. The van der Waals surface area contributed by atoms with Crippen LogP contribution in [-0.2, 0) is 4.79 Å². The summed E-state index contributed by atoms with van der Waals surface area (Å²) in [4.78, 5) is 17.1. The lowest BCUT2D eigenvalue weighted by Crippen LogP contribution is -2.25. The second-order valence-electron chi connectivity index (χ2n) is 6.37. The first-order valence-electron chi connectivity index (χ1n) is 8.31. The van der Waals surface area contributed by atoms with Crippen molar-refractivity contribution in [2.45, 2.75) is 6.18 Å². The molecule has 0 atom stereocenters. The Morgan fingerprint density at radius 3 is 2.52 bits per heavy atom. The zero-order chi connectivity index (χ0) is 23.1. The minimum absolute atomic E-state index is 0.116. The van der Waals surface area contributed by atoms with Gasteiger partial charge in [0.05, 0.1) is 21.7 Å². The number of rotatable bonds is 5. The zero-order valence-corrected chi connectivity index (χ0v) is 17.4. The smallest absolute Gasteiger partial charge is 0.455 e. The van der Waals surface area contributed by atoms with Crippen molar-refractivity contribution < 1.29 is 32.0 Å². The molecular weight excluding hydrogens is 461 g/mol. The van der Waals surface area contributed by atoms with Crippen molar-refractivity contribution >= 4 is 46.9 Å². The molecule has 0 aliphatic carbocycles. The number of carbonyl (C=O) groups is 1. The van der Waals surface area contributed by atoms with E-state index in [0.29, 0.717) is 11.3 Å². The van der Waals surface area contributed by atoms with E-state index in [-0.39, 0.29) is 31.6 Å². The Morgan fingerprint density at radius 1 is 1.32 bits per heavy atom. The van der Waals surface area contributed by atoms with Crippen LogP contribution in [0.2, 0.25) is 5.02 Å². The Labute approximate surface area is 183 Å². The summed E-state index contributed by atoms with van der Waals surface area (Å²) in [6.07, 6.45) is -4.37. The number of thiazole rings is 1. The number of allylic oxidation sites excluding steroid dienone is 1. The fraction of sp³-hybridized carbons (Fsp3) is 0.167. The average molecular weight is 472 g/mol. The number of aromatic nitrogens is 2. The first kappa shape index (κ1) is 22.8. The molecular formula is C18H11BClF4N3O3S. The van der Waals surface area contributed by atoms with Crippen molar-refractivity contribution in [1.82, 2.24) is 15.0 Å². The molecule has 0 saturated carbocycles. The highest BCUT2D eigenvalue weighted by atomic mass is 35.5. The van der Waals surface area contributed by atoms with Crippen LogP contribution in [0, 0.1) is 5.82 Å². The van der Waals surface area contributed by atoms with Gasteiger partial charge < -0.3 is 14.5 Å². The lowest BCUT2D eigenvalue weighted by atomic mass is 10.00. The third-order valence-corrected chi connectivity index (χ3v) is 5.08. The molecule has 3 rings (SSSR count). The summed E-state index contributed by atoms with van der Waals surface area (Å²) in [6, 6.07) is 3.72. The van der Waals surface area contributed by atoms with E-state index in [1.807, 2.05) is 0 Å². The van der Waals surface area contributed by atoms with E-state index in [1.54, 1.807) is 0 Å². The van der Waals surface area contributed by atoms with Gasteiger partial charge in [0.15, 0.2) is 5.76 Å². The third-order valence-electron chi connectivity index (χ3n) is 3.87. The first-order chi connectivity index (χ1) is 14.4. The maximum atomic E-state index is 14.6. The SMILES string of the molecule is [B]c1sc(-c2c(-c3c(F)cccc3Cl)noc2/C(=C/N(C)C)C(=O)C(F)(F)F)nc1O. The number of halogens is 5. The quantitative estimate of drug-likeness (QED) is 0.347. The second-order valence-corrected chi connectivity index (χ2v) is 7.81. The van der Waals surface area contributed by atoms with E-state index in [4.69, 9.17) is 24.0 Å². The van der Waals surface area contributed by atoms with Gasteiger partial charge in [-0.15, -0.1) is 11.3 Å². The van der Waals surface area contributed by atoms with Gasteiger partial charge in [0.1, 0.15) is 24.4 Å². The van der Waals surface area contributed by atoms with Crippen LogP contribution in [0.15, 0.2) is 28.9 Å². The van der Waals surface area contributed by atoms with E-state index in [1.165, 1.54) is 31.1 Å². The van der Waals surface area contributed by atoms with Gasteiger partial charge in [-0.2, -0.15) is 13.2 Å². The van der Waals surface area contributed by atoms with Crippen LogP contribution in [0.5, 0.6) is 5.88 Å². The average Bonchev–Trinajstić information content (AvgIpc) is 3.21. The molecule has 6 nitrogen and oxygen atoms in total. The second kappa shape index (κ2) is 8.35. The van der Waals surface area contributed by atoms with Crippen molar-refractivity contribution in [2.24, 2.45) is 0 Å². The van der Waals surface area contributed by atoms with Crippen LogP contribution in [0.3, 0.4) is 0 Å². The number of hydrogen-bond acceptors (Lipinski definition) is 7. The lowest BCUT2D eigenvalue weighted by Gasteiger charge is -2.12. The number of carbonyl (C=O) groups excluding carboxylic acids is 1. The molecule has 1 aromatic carbocycles. The number of Topliss-reactive ketones (excluding diaryl/α,β-unsaturated/α-hetero) is 1. The topological polar surface area (TPSA) is 79.5 Å². The van der Waals surface area contributed by atoms with Crippen LogP contribution in [-0.4, -0.2) is 54.0 Å². The Balaban J connectivity index is 2.39. The number of nitrogens with zero attached hydrogens (tertiary/aromatic N) is 3. The van der Waals surface area contributed by atoms with E-state index >= 15 is 0 Å². The van der Waals surface area contributed by atoms with E-state index in [2.05, 4.69) is 10.1 Å². The molecule has 13 heteroatoms. The largest absolute Gasteiger partial charge is 0.493 e. The fourth-order valence-corrected chi connectivity index (χ4v) is 3.65. The van der Waals surface area contributed by atoms with E-state index in [0.717, 1.165) is 12.3 Å². The first-order valence-corrected chi connectivity index (χ1v) is 9.51. The number of benzene rings is 1. The predicted molar refractivity (Wildman–Crippen MR) is 108 cm³/mol. The lowest BCUT2D eigenvalue weighted by molar-refractivity contribution is -0.164. The van der Waals surface area contributed by atoms with Gasteiger partial charge >= 0.3 is 6.18 Å². The number of hydrogen-bond donors (Lipinski definition) is 1. The van der Waals surface area contributed by atoms with Gasteiger partial charge in [-0.1, -0.05) is 22.8 Å². The maximum Gasteiger partial charge on any atom is 0.455 e. The molecule has 31 heavy (non-hydrogen) atoms. The molecule has 0 unspecified atom stereocenters. The summed E-state index contributed by atoms with van der Waals surface area (Å²) in [5, 5.41) is 13.2. The molecule has 2 radical (unpaired) electrons. The number of aromatic hydroxyl groups is 1. The molecule has 2 aromatic heterocycles. The maximum absolute atomic E-state index is 14.6. The summed E-state index contributed by atoms with van der Waals surface area (Å²) in [6.45, 7) is 0. The van der Waals surface area contributed by atoms with Gasteiger partial charge in [-0.25, -0.2) is 9.37 Å². The Hall–Kier alpha value is -2.86. The number of ketones is 1. The minimum atomic E-state index is -5.24. The van der Waals surface area contributed by atoms with Crippen molar-refractivity contribution in [1.29, 1.82) is 0 Å². The van der Waals surface area contributed by atoms with Crippen LogP contribution >= 0.6 is 22.9 Å². The van der Waals surface area contributed by atoms with Crippen LogP contribution < -0.4 is 4.78 Å². The van der Waals surface area contributed by atoms with Crippen molar-refractivity contribution in [3.8, 4) is 27.7 Å². The molecule has 3 aromatic rings. The van der Waals surface area contributed by atoms with Crippen molar-refractivity contribution in [3.63, 3.8) is 0 Å². The van der Waals surface area contributed by atoms with Gasteiger partial charge in [-0.05, 0) is 12.1 Å². The van der Waals surface area contributed by atoms with Gasteiger partial charge in [0.2, 0.25) is 5.88 Å². The summed E-state index contributed by atoms with van der Waals surface area (Å²) in [5.74, 6) is -4.31. The summed E-state index contributed by atoms with van der Waals surface area (Å²) < 4.78 is 59.3. The fourth-order valence-electron chi connectivity index (χ4n) is 2.63. The van der Waals surface area contributed by atoms with Crippen LogP contribution in [0.25, 0.3) is 27.4 Å². The van der Waals surface area contributed by atoms with Crippen LogP contribution in [0.1, 0.15) is 5.76 Å². The molecule has 0 amide bonds. The van der Waals surface area contributed by atoms with E-state index in [9.17, 15) is 27.5 Å². The molecule has 0 bridgehead atoms. The minimum Gasteiger partial charge on any atom is -0.493 e. The Morgan fingerprint density at radius 2 is 2.00 bits per heavy atom. The van der Waals surface area contributed by atoms with Gasteiger partial charge in [0, 0.05) is 25.1 Å². The summed E-state index contributed by atoms with van der Waals surface area (Å²) >= 11 is 6.77. The van der Waals surface area contributed by atoms with Gasteiger partial charge in [0.25, 0.3) is 5.78 Å². The summed E-state index contributed by atoms with van der Waals surface area (Å²) in [7, 11) is 8.40. The molecule has 0 aliphatic heterocycles. The van der Waals surface area contributed by atoms with Crippen molar-refractivity contribution in [2.75, 3.05) is 14.1 Å². The molecule has 0 fully saturated rings. The summed E-state index contributed by atoms with van der Waals surface area (Å²) in [5.41, 5.74) is -1.79. The van der Waals surface area contributed by atoms with E-state index < -0.39 is 35.0 Å². The highest BCUT2D eigenvalue weighted by Gasteiger charge is 2.44. The highest BCUT2D eigenvalue weighted by molar-refractivity contribution is 7.23. The number of alkyl halides is 3. The zero-order valence-electron chi connectivity index (χ0n) is 15.8. The normalized spacial score (nSPS) is 12.3. The monoisotopic (exact) mass is 471 g/mol. The third kappa shape index (κ3) is 4.44. The predicted octanol–water partition coefficient (Wildman–Crippen LogP) is 3.79. The Kier molecular flexibility index (Phi) is 6.15. The Bertz CT molecular complexity index is 1150. The van der Waals surface area contributed by atoms with Gasteiger partial charge in [-0.3, -0.25) is 4.79 Å². The van der Waals surface area contributed by atoms with Crippen LogP contribution in [0.4, 0.5) is 17.6 Å². The van der Waals surface area contributed by atoms with Crippen molar-refractivity contribution in [3.05, 3.63) is 41.0 Å². The molecule has 0 spiro atoms. The highest BCUT2D eigenvalue weighted by Crippen LogP contribution is 2.43. The molecule has 2 heterocycles.